The van der Waals surface area contributed by atoms with Crippen molar-refractivity contribution in [3.63, 3.8) is 0 Å². The highest BCUT2D eigenvalue weighted by Gasteiger charge is 1.84. The Morgan fingerprint density at radius 2 is 2.62 bits per heavy atom. The molecule has 0 atom stereocenters. The lowest BCUT2D eigenvalue weighted by Gasteiger charge is -1.92. The smallest absolute Gasteiger partial charge is 0.113 e. The van der Waals surface area contributed by atoms with E-state index in [1.165, 1.54) is 0 Å². The van der Waals surface area contributed by atoms with Crippen LogP contribution in [0.25, 0.3) is 0 Å². The predicted octanol–water partition coefficient (Wildman–Crippen LogP) is 1.11. The van der Waals surface area contributed by atoms with Gasteiger partial charge in [-0.05, 0) is 17.5 Å². The number of hydrogen-bond donors (Lipinski definition) is 2. The third kappa shape index (κ3) is 1.21. The van der Waals surface area contributed by atoms with Gasteiger partial charge in [0.25, 0.3) is 0 Å². The molecule has 0 aliphatic heterocycles. The highest BCUT2D eigenvalue weighted by atomic mass is 32.1. The zero-order valence-electron chi connectivity index (χ0n) is 4.29. The lowest BCUT2D eigenvalue weighted by Crippen LogP contribution is -1.95. The number of rotatable bonds is 2. The molecule has 44 valence electrons. The first-order valence-electron chi connectivity index (χ1n) is 2.31. The molecule has 0 radical (unpaired) electrons. The van der Waals surface area contributed by atoms with Gasteiger partial charge in [-0.3, -0.25) is 0 Å². The zero-order valence-corrected chi connectivity index (χ0v) is 5.11. The van der Waals surface area contributed by atoms with Crippen molar-refractivity contribution in [2.24, 2.45) is 0 Å². The van der Waals surface area contributed by atoms with Crippen molar-refractivity contribution in [3.05, 3.63) is 17.5 Å². The number of aliphatic hydroxyl groups excluding tert-OH is 1. The van der Waals surface area contributed by atoms with Gasteiger partial charge in [0, 0.05) is 0 Å². The molecule has 0 bridgehead atoms. The normalized spacial score (nSPS) is 9.12. The maximum atomic E-state index is 8.33. The second-order valence-electron chi connectivity index (χ2n) is 1.31. The van der Waals surface area contributed by atoms with Gasteiger partial charge < -0.3 is 10.4 Å². The number of anilines is 1. The van der Waals surface area contributed by atoms with Crippen LogP contribution >= 0.6 is 11.3 Å². The third-order valence-corrected chi connectivity index (χ3v) is 1.60. The Hall–Kier alpha value is -0.540. The first-order chi connectivity index (χ1) is 3.93. The molecule has 0 saturated carbocycles. The lowest BCUT2D eigenvalue weighted by atomic mass is 10.6. The van der Waals surface area contributed by atoms with Crippen LogP contribution in [-0.4, -0.2) is 11.8 Å². The van der Waals surface area contributed by atoms with E-state index in [1.54, 1.807) is 11.3 Å². The molecular formula is C5H7NOS. The summed E-state index contributed by atoms with van der Waals surface area (Å²) in [6, 6.07) is 3.85. The van der Waals surface area contributed by atoms with Crippen LogP contribution in [0.4, 0.5) is 5.00 Å². The van der Waals surface area contributed by atoms with Crippen LogP contribution < -0.4 is 5.32 Å². The second kappa shape index (κ2) is 2.69. The van der Waals surface area contributed by atoms with Gasteiger partial charge in [-0.25, -0.2) is 0 Å². The van der Waals surface area contributed by atoms with Gasteiger partial charge in [0.2, 0.25) is 0 Å². The Bertz CT molecular complexity index is 138. The maximum Gasteiger partial charge on any atom is 0.113 e. The minimum atomic E-state index is 0.0144. The first-order valence-corrected chi connectivity index (χ1v) is 3.19. The highest BCUT2D eigenvalue weighted by molar-refractivity contribution is 7.14. The van der Waals surface area contributed by atoms with E-state index in [0.717, 1.165) is 5.00 Å². The molecule has 0 fully saturated rings. The number of aliphatic hydroxyl groups is 1. The van der Waals surface area contributed by atoms with Crippen LogP contribution in [-0.2, 0) is 0 Å². The largest absolute Gasteiger partial charge is 0.377 e. The molecule has 0 spiro atoms. The van der Waals surface area contributed by atoms with Gasteiger partial charge in [-0.15, -0.1) is 11.3 Å². The third-order valence-electron chi connectivity index (χ3n) is 0.774. The molecule has 2 nitrogen and oxygen atoms in total. The highest BCUT2D eigenvalue weighted by Crippen LogP contribution is 2.13. The van der Waals surface area contributed by atoms with E-state index < -0.39 is 0 Å². The van der Waals surface area contributed by atoms with E-state index in [0.29, 0.717) is 0 Å². The van der Waals surface area contributed by atoms with Gasteiger partial charge in [0.1, 0.15) is 6.73 Å². The van der Waals surface area contributed by atoms with Crippen molar-refractivity contribution >= 4 is 16.3 Å². The van der Waals surface area contributed by atoms with E-state index in [2.05, 4.69) is 5.32 Å². The van der Waals surface area contributed by atoms with Crippen LogP contribution in [0.15, 0.2) is 17.5 Å². The van der Waals surface area contributed by atoms with E-state index in [-0.39, 0.29) is 6.73 Å². The Balaban J connectivity index is 2.50. The fourth-order valence-electron chi connectivity index (χ4n) is 0.457. The van der Waals surface area contributed by atoms with Gasteiger partial charge in [0.15, 0.2) is 0 Å². The van der Waals surface area contributed by atoms with Crippen molar-refractivity contribution in [1.29, 1.82) is 0 Å². The zero-order chi connectivity index (χ0) is 5.82. The maximum absolute atomic E-state index is 8.33. The Morgan fingerprint density at radius 3 is 3.12 bits per heavy atom. The van der Waals surface area contributed by atoms with Gasteiger partial charge in [0.05, 0.1) is 5.00 Å². The van der Waals surface area contributed by atoms with Crippen molar-refractivity contribution in [2.75, 3.05) is 12.0 Å². The lowest BCUT2D eigenvalue weighted by molar-refractivity contribution is 0.326. The van der Waals surface area contributed by atoms with E-state index in [4.69, 9.17) is 5.11 Å². The molecule has 1 aromatic rings. The molecule has 1 aromatic heterocycles. The number of thiophene rings is 1. The Kier molecular flexibility index (Phi) is 1.88. The summed E-state index contributed by atoms with van der Waals surface area (Å²) in [5.41, 5.74) is 0. The van der Waals surface area contributed by atoms with Crippen LogP contribution in [0.5, 0.6) is 0 Å². The van der Waals surface area contributed by atoms with E-state index in [1.807, 2.05) is 17.5 Å². The van der Waals surface area contributed by atoms with Crippen molar-refractivity contribution in [3.8, 4) is 0 Å². The van der Waals surface area contributed by atoms with E-state index >= 15 is 0 Å². The van der Waals surface area contributed by atoms with Gasteiger partial charge in [-0.2, -0.15) is 0 Å². The Morgan fingerprint density at radius 1 is 1.75 bits per heavy atom. The fourth-order valence-corrected chi connectivity index (χ4v) is 1.07. The summed E-state index contributed by atoms with van der Waals surface area (Å²) >= 11 is 1.58. The minimum Gasteiger partial charge on any atom is -0.377 e. The molecule has 0 saturated heterocycles. The quantitative estimate of drug-likeness (QED) is 0.586. The molecule has 0 aromatic carbocycles. The second-order valence-corrected chi connectivity index (χ2v) is 2.26. The molecule has 0 aliphatic carbocycles. The molecule has 0 aliphatic rings. The Labute approximate surface area is 51.8 Å². The topological polar surface area (TPSA) is 32.3 Å². The van der Waals surface area contributed by atoms with Gasteiger partial charge in [-0.1, -0.05) is 0 Å². The van der Waals surface area contributed by atoms with Crippen LogP contribution in [0.2, 0.25) is 0 Å². The standard InChI is InChI=1S/C5H7NOS/c7-4-6-5-2-1-3-8-5/h1-3,6-7H,4H2. The SMILES string of the molecule is OCNc1cccs1. The molecular weight excluding hydrogens is 122 g/mol. The average Bonchev–Trinajstić information content (AvgIpc) is 2.19. The summed E-state index contributed by atoms with van der Waals surface area (Å²) in [6.45, 7) is 0.0144. The predicted molar refractivity (Wildman–Crippen MR) is 35.0 cm³/mol. The van der Waals surface area contributed by atoms with Crippen LogP contribution in [0, 0.1) is 0 Å². The molecule has 1 rings (SSSR count). The molecule has 0 amide bonds. The summed E-state index contributed by atoms with van der Waals surface area (Å²) in [6.07, 6.45) is 0. The van der Waals surface area contributed by atoms with Crippen LogP contribution in [0.1, 0.15) is 0 Å². The summed E-state index contributed by atoms with van der Waals surface area (Å²) in [5.74, 6) is 0. The van der Waals surface area contributed by atoms with Crippen molar-refractivity contribution in [2.45, 2.75) is 0 Å². The number of nitrogens with one attached hydrogen (secondary N) is 1. The van der Waals surface area contributed by atoms with Crippen molar-refractivity contribution < 1.29 is 5.11 Å². The first kappa shape index (κ1) is 5.59. The molecule has 2 N–H and O–H groups in total. The summed E-state index contributed by atoms with van der Waals surface area (Å²) in [7, 11) is 0. The molecule has 8 heavy (non-hydrogen) atoms. The molecule has 3 heteroatoms. The van der Waals surface area contributed by atoms with E-state index in [9.17, 15) is 0 Å². The van der Waals surface area contributed by atoms with Crippen molar-refractivity contribution in [1.82, 2.24) is 0 Å². The average molecular weight is 129 g/mol. The molecule has 0 unspecified atom stereocenters. The molecule has 1 heterocycles. The number of hydrogen-bond acceptors (Lipinski definition) is 3. The summed E-state index contributed by atoms with van der Waals surface area (Å²) < 4.78 is 0. The minimum absolute atomic E-state index is 0.0144. The fraction of sp³-hybridized carbons (Fsp3) is 0.200. The summed E-state index contributed by atoms with van der Waals surface area (Å²) in [5, 5.41) is 14.1. The van der Waals surface area contributed by atoms with Gasteiger partial charge >= 0.3 is 0 Å². The summed E-state index contributed by atoms with van der Waals surface area (Å²) in [4.78, 5) is 0. The van der Waals surface area contributed by atoms with Crippen LogP contribution in [0.3, 0.4) is 0 Å². The monoisotopic (exact) mass is 129 g/mol.